The molecule has 0 radical (unpaired) electrons. The first-order valence-electron chi connectivity index (χ1n) is 4.25. The van der Waals surface area contributed by atoms with E-state index < -0.39 is 6.02 Å². The van der Waals surface area contributed by atoms with Crippen molar-refractivity contribution in [2.75, 3.05) is 0 Å². The Kier molecular flexibility index (Phi) is 1.13. The lowest BCUT2D eigenvalue weighted by Gasteiger charge is -2.06. The van der Waals surface area contributed by atoms with Gasteiger partial charge < -0.3 is 5.11 Å². The van der Waals surface area contributed by atoms with Gasteiger partial charge in [-0.2, -0.15) is 0 Å². The van der Waals surface area contributed by atoms with Gasteiger partial charge in [-0.1, -0.05) is 9.69 Å². The van der Waals surface area contributed by atoms with Gasteiger partial charge in [0.1, 0.15) is 6.02 Å². The molecule has 0 aromatic carbocycles. The van der Waals surface area contributed by atoms with Crippen molar-refractivity contribution in [3.05, 3.63) is 0 Å². The number of hydrogen-bond acceptors (Lipinski definition) is 3. The lowest BCUT2D eigenvalue weighted by molar-refractivity contribution is -0.771. The first-order chi connectivity index (χ1) is 5.77. The fraction of sp³-hybridized carbons (Fsp3) is 0.750. The molecule has 1 N–H and O–H groups in total. The Morgan fingerprint density at radius 2 is 1.77 bits per heavy atom. The van der Waals surface area contributed by atoms with E-state index in [1.54, 1.807) is 0 Å². The van der Waals surface area contributed by atoms with Gasteiger partial charge in [0.15, 0.2) is 11.1 Å². The molecule has 0 aliphatic carbocycles. The third-order valence-electron chi connectivity index (χ3n) is 3.81. The van der Waals surface area contributed by atoms with Crippen molar-refractivity contribution in [1.82, 2.24) is 5.32 Å². The molecule has 72 valence electrons. The highest BCUT2D eigenvalue weighted by molar-refractivity contribution is 5.92. The molecule has 13 heavy (non-hydrogen) atoms. The molecule has 2 rings (SSSR count). The van der Waals surface area contributed by atoms with E-state index in [0.717, 1.165) is 0 Å². The molecule has 0 aromatic heterocycles. The summed E-state index contributed by atoms with van der Waals surface area (Å²) < 4.78 is -0.0984. The summed E-state index contributed by atoms with van der Waals surface area (Å²) in [6.07, 6.45) is 0. The van der Waals surface area contributed by atoms with E-state index in [1.807, 2.05) is 27.7 Å². The molecule has 2 aliphatic heterocycles. The Morgan fingerprint density at radius 1 is 1.31 bits per heavy atom. The second kappa shape index (κ2) is 1.72. The molecule has 5 nitrogen and oxygen atoms in total. The van der Waals surface area contributed by atoms with Gasteiger partial charge in [-0.3, -0.25) is 5.32 Å². The zero-order valence-corrected chi connectivity index (χ0v) is 8.21. The summed E-state index contributed by atoms with van der Waals surface area (Å²) in [5.74, 6) is 0. The zero-order chi connectivity index (χ0) is 10.1. The highest BCUT2D eigenvalue weighted by atomic mass is 16.3. The summed E-state index contributed by atoms with van der Waals surface area (Å²) in [4.78, 5) is 11.5. The van der Waals surface area contributed by atoms with Crippen LogP contribution < -0.4 is 10.4 Å². The van der Waals surface area contributed by atoms with E-state index in [2.05, 4.69) is 10.4 Å². The smallest absolute Gasteiger partial charge is 0.449 e. The number of amidine groups is 1. The predicted molar refractivity (Wildman–Crippen MR) is 44.4 cm³/mol. The number of carbonyl (C=O) groups is 1. The molecule has 0 atom stereocenters. The highest BCUT2D eigenvalue weighted by Crippen LogP contribution is 2.61. The normalized spacial score (nSPS) is 31.4. The topological polar surface area (TPSA) is 64.5 Å². The van der Waals surface area contributed by atoms with Crippen LogP contribution in [0.1, 0.15) is 27.7 Å². The van der Waals surface area contributed by atoms with E-state index in [4.69, 9.17) is 0 Å². The zero-order valence-electron chi connectivity index (χ0n) is 8.21. The standard InChI is InChI=1S/C8H13N3O2/c1-7(2)8(3,4)11(7)6(13)9-5(12)10-11/h1-4H3,(H-,9,10,12,13). The molecule has 0 unspecified atom stereocenters. The van der Waals surface area contributed by atoms with Crippen LogP contribution in [0, 0.1) is 0 Å². The van der Waals surface area contributed by atoms with Gasteiger partial charge in [0.05, 0.1) is 0 Å². The number of nitrogens with zero attached hydrogens (tertiary/aromatic N) is 2. The molecule has 2 aliphatic rings. The van der Waals surface area contributed by atoms with E-state index >= 15 is 0 Å². The fourth-order valence-electron chi connectivity index (χ4n) is 2.28. The van der Waals surface area contributed by atoms with Crippen molar-refractivity contribution in [3.63, 3.8) is 0 Å². The summed E-state index contributed by atoms with van der Waals surface area (Å²) in [5, 5.41) is 17.0. The van der Waals surface area contributed by atoms with Gasteiger partial charge in [0.25, 0.3) is 0 Å². The third-order valence-corrected chi connectivity index (χ3v) is 3.81. The van der Waals surface area contributed by atoms with Crippen LogP contribution in [-0.2, 0) is 0 Å². The second-order valence-electron chi connectivity index (χ2n) is 4.59. The largest absolute Gasteiger partial charge is 0.842 e. The van der Waals surface area contributed by atoms with Crippen molar-refractivity contribution >= 4 is 12.1 Å². The van der Waals surface area contributed by atoms with Gasteiger partial charge in [-0.25, -0.2) is 4.79 Å². The van der Waals surface area contributed by atoms with Crippen molar-refractivity contribution in [1.29, 1.82) is 0 Å². The summed E-state index contributed by atoms with van der Waals surface area (Å²) in [5.41, 5.74) is -0.577. The first-order valence-corrected chi connectivity index (χ1v) is 4.25. The average molecular weight is 183 g/mol. The second-order valence-corrected chi connectivity index (χ2v) is 4.59. The van der Waals surface area contributed by atoms with Gasteiger partial charge in [0, 0.05) is 0 Å². The third kappa shape index (κ3) is 0.571. The van der Waals surface area contributed by atoms with Crippen LogP contribution in [-0.4, -0.2) is 27.7 Å². The van der Waals surface area contributed by atoms with Crippen molar-refractivity contribution in [2.45, 2.75) is 38.8 Å². The number of urea groups is 1. The molecule has 1 fully saturated rings. The van der Waals surface area contributed by atoms with Crippen LogP contribution in [0.5, 0.6) is 0 Å². The number of hydrogen-bond donors (Lipinski definition) is 1. The summed E-state index contributed by atoms with van der Waals surface area (Å²) in [6, 6.07) is -0.830. The molecule has 2 heterocycles. The van der Waals surface area contributed by atoms with Gasteiger partial charge in [-0.15, -0.1) is 0 Å². The summed E-state index contributed by atoms with van der Waals surface area (Å²) >= 11 is 0. The van der Waals surface area contributed by atoms with Gasteiger partial charge in [0.2, 0.25) is 0 Å². The Labute approximate surface area is 76.6 Å². The Morgan fingerprint density at radius 3 is 1.92 bits per heavy atom. The van der Waals surface area contributed by atoms with E-state index in [0.29, 0.717) is 0 Å². The van der Waals surface area contributed by atoms with Crippen LogP contribution in [0.25, 0.3) is 0 Å². The number of amides is 2. The van der Waals surface area contributed by atoms with E-state index in [-0.39, 0.29) is 21.7 Å². The van der Waals surface area contributed by atoms with Crippen molar-refractivity contribution in [2.24, 2.45) is 5.10 Å². The molecular weight excluding hydrogens is 170 g/mol. The summed E-state index contributed by atoms with van der Waals surface area (Å²) in [6.45, 7) is 7.76. The maximum absolute atomic E-state index is 11.5. The number of quaternary nitrogens is 1. The molecule has 1 saturated heterocycles. The highest BCUT2D eigenvalue weighted by Gasteiger charge is 2.87. The maximum atomic E-state index is 11.5. The number of carbonyl (C=O) groups excluding carboxylic acids is 1. The first kappa shape index (κ1) is 8.50. The predicted octanol–water partition coefficient (Wildman–Crippen LogP) is -0.272. The summed E-state index contributed by atoms with van der Waals surface area (Å²) in [7, 11) is 0. The maximum Gasteiger partial charge on any atom is 0.449 e. The molecule has 5 heteroatoms. The number of nitrogens with one attached hydrogen (secondary N) is 1. The van der Waals surface area contributed by atoms with Crippen LogP contribution in [0.2, 0.25) is 0 Å². The molecule has 2 amide bonds. The average Bonchev–Trinajstić information content (AvgIpc) is 2.23. The van der Waals surface area contributed by atoms with E-state index in [1.165, 1.54) is 0 Å². The Hall–Kier alpha value is -1.10. The molecule has 1 spiro atoms. The van der Waals surface area contributed by atoms with Crippen LogP contribution in [0.3, 0.4) is 0 Å². The van der Waals surface area contributed by atoms with E-state index in [9.17, 15) is 9.90 Å². The van der Waals surface area contributed by atoms with Gasteiger partial charge in [-0.05, 0) is 27.7 Å². The lowest BCUT2D eigenvalue weighted by Crippen LogP contribution is -2.40. The Balaban J connectivity index is 2.52. The minimum absolute atomic E-state index is 0.0984. The quantitative estimate of drug-likeness (QED) is 0.415. The number of rotatable bonds is 0. The monoisotopic (exact) mass is 183 g/mol. The lowest BCUT2D eigenvalue weighted by atomic mass is 10.0. The van der Waals surface area contributed by atoms with Crippen molar-refractivity contribution < 1.29 is 14.5 Å². The fourth-order valence-corrected chi connectivity index (χ4v) is 2.28. The van der Waals surface area contributed by atoms with Crippen LogP contribution in [0.4, 0.5) is 4.79 Å². The molecule has 0 saturated carbocycles. The Bertz CT molecular complexity index is 316. The molecule has 0 bridgehead atoms. The van der Waals surface area contributed by atoms with Gasteiger partial charge >= 0.3 is 6.03 Å². The molecule has 0 aromatic rings. The van der Waals surface area contributed by atoms with Crippen molar-refractivity contribution in [3.8, 4) is 0 Å². The van der Waals surface area contributed by atoms with Crippen LogP contribution >= 0.6 is 0 Å². The SMILES string of the molecule is CC1(C)C(C)(C)[N+]12N=C([O-])NC2=O. The minimum atomic E-state index is -0.524. The minimum Gasteiger partial charge on any atom is -0.842 e. The molecular formula is C8H13N3O2. The van der Waals surface area contributed by atoms with Crippen LogP contribution in [0.15, 0.2) is 5.10 Å².